The van der Waals surface area contributed by atoms with Gasteiger partial charge in [-0.15, -0.1) is 0 Å². The monoisotopic (exact) mass is 1070 g/mol. The van der Waals surface area contributed by atoms with Crippen LogP contribution < -0.4 is 9.80 Å². The molecular formula is C78H61N3O2. The Labute approximate surface area is 482 Å². The van der Waals surface area contributed by atoms with Crippen molar-refractivity contribution in [3.8, 4) is 11.1 Å². The number of benzene rings is 12. The van der Waals surface area contributed by atoms with Crippen molar-refractivity contribution in [2.75, 3.05) is 9.80 Å². The summed E-state index contributed by atoms with van der Waals surface area (Å²) in [5.41, 5.74) is 19.7. The van der Waals surface area contributed by atoms with Gasteiger partial charge in [0.05, 0.1) is 27.9 Å². The lowest BCUT2D eigenvalue weighted by Gasteiger charge is -2.26. The van der Waals surface area contributed by atoms with Gasteiger partial charge in [-0.05, 0) is 164 Å². The van der Waals surface area contributed by atoms with E-state index in [1.54, 1.807) is 0 Å². The zero-order chi connectivity index (χ0) is 56.0. The predicted molar refractivity (Wildman–Crippen MR) is 352 cm³/mol. The number of fused-ring (bicyclic) bond motifs is 14. The molecule has 0 unspecified atom stereocenters. The molecule has 0 aliphatic rings. The molecule has 0 radical (unpaired) electrons. The summed E-state index contributed by atoms with van der Waals surface area (Å²) in [6.07, 6.45) is 0. The van der Waals surface area contributed by atoms with Crippen LogP contribution in [-0.2, 0) is 5.41 Å². The number of hydrogen-bond acceptors (Lipinski definition) is 4. The van der Waals surface area contributed by atoms with Crippen molar-refractivity contribution in [2.45, 2.75) is 65.7 Å². The second-order valence-corrected chi connectivity index (χ2v) is 24.5. The van der Waals surface area contributed by atoms with Crippen molar-refractivity contribution in [1.82, 2.24) is 4.40 Å². The molecular weight excluding hydrogens is 1010 g/mol. The van der Waals surface area contributed by atoms with Crippen LogP contribution in [0.1, 0.15) is 77.0 Å². The van der Waals surface area contributed by atoms with E-state index in [2.05, 4.69) is 293 Å². The standard InChI is InChI=1S/C78H61N3O2/c1-46(2)59-22-14-24-61-63-26-16-28-69(76(63)82-74(59)61)79(55-18-10-8-11-19-55)57-36-32-49-40-65-67-42-53(48-30-34-54(35-31-48)78(5,6)7)43-68-66-41-50-33-37-58(39-52(50)45-72(66)81(73(67)68)71(65)44-51(49)38-57)80(56-20-12-9-13-21-56)70-29-17-27-64-62-25-15-23-60(47(3)4)75(62)83-77(64)70/h8-47H,1-7H3. The molecule has 5 nitrogen and oxygen atoms in total. The zero-order valence-electron chi connectivity index (χ0n) is 47.8. The summed E-state index contributed by atoms with van der Waals surface area (Å²) in [5.74, 6) is 0.641. The normalized spacial score (nSPS) is 12.5. The van der Waals surface area contributed by atoms with Crippen LogP contribution in [0.3, 0.4) is 0 Å². The summed E-state index contributed by atoms with van der Waals surface area (Å²) in [6, 6.07) is 85.3. The van der Waals surface area contributed by atoms with Crippen molar-refractivity contribution in [3.05, 3.63) is 247 Å². The fourth-order valence-corrected chi connectivity index (χ4v) is 13.5. The molecule has 12 aromatic carbocycles. The first-order chi connectivity index (χ1) is 40.4. The number of anilines is 6. The number of nitrogens with zero attached hydrogens (tertiary/aromatic N) is 3. The largest absolute Gasteiger partial charge is 0.454 e. The Morgan fingerprint density at radius 3 is 1.20 bits per heavy atom. The first-order valence-electron chi connectivity index (χ1n) is 29.3. The molecule has 0 spiro atoms. The Hall–Kier alpha value is -9.84. The predicted octanol–water partition coefficient (Wildman–Crippen LogP) is 23.1. The van der Waals surface area contributed by atoms with Gasteiger partial charge < -0.3 is 23.0 Å². The van der Waals surface area contributed by atoms with E-state index < -0.39 is 0 Å². The molecule has 0 fully saturated rings. The molecule has 4 heterocycles. The lowest BCUT2D eigenvalue weighted by atomic mass is 9.86. The highest BCUT2D eigenvalue weighted by Crippen LogP contribution is 2.49. The maximum Gasteiger partial charge on any atom is 0.159 e. The van der Waals surface area contributed by atoms with E-state index in [9.17, 15) is 0 Å². The van der Waals surface area contributed by atoms with Gasteiger partial charge in [-0.1, -0.05) is 182 Å². The van der Waals surface area contributed by atoms with Crippen LogP contribution in [0, 0.1) is 0 Å². The van der Waals surface area contributed by atoms with Crippen LogP contribution >= 0.6 is 0 Å². The topological polar surface area (TPSA) is 37.2 Å². The summed E-state index contributed by atoms with van der Waals surface area (Å²) < 4.78 is 16.5. The summed E-state index contributed by atoms with van der Waals surface area (Å²) in [5, 5.41) is 14.1. The van der Waals surface area contributed by atoms with Crippen molar-refractivity contribution < 1.29 is 8.83 Å². The fraction of sp³-hybridized carbons (Fsp3) is 0.128. The molecule has 400 valence electrons. The van der Waals surface area contributed by atoms with E-state index in [0.717, 1.165) is 88.8 Å². The second-order valence-electron chi connectivity index (χ2n) is 24.5. The van der Waals surface area contributed by atoms with E-state index >= 15 is 0 Å². The third-order valence-corrected chi connectivity index (χ3v) is 17.7. The van der Waals surface area contributed by atoms with E-state index in [-0.39, 0.29) is 5.41 Å². The van der Waals surface area contributed by atoms with Crippen LogP contribution in [0.25, 0.3) is 115 Å². The smallest absolute Gasteiger partial charge is 0.159 e. The minimum absolute atomic E-state index is 0.0532. The zero-order valence-corrected chi connectivity index (χ0v) is 47.8. The third-order valence-electron chi connectivity index (χ3n) is 17.7. The summed E-state index contributed by atoms with van der Waals surface area (Å²) in [6.45, 7) is 15.8. The fourth-order valence-electron chi connectivity index (χ4n) is 13.5. The number of hydrogen-bond donors (Lipinski definition) is 0. The van der Waals surface area contributed by atoms with Crippen LogP contribution in [0.2, 0.25) is 0 Å². The molecule has 4 aromatic heterocycles. The Morgan fingerprint density at radius 1 is 0.337 bits per heavy atom. The van der Waals surface area contributed by atoms with E-state index in [4.69, 9.17) is 8.83 Å². The summed E-state index contributed by atoms with van der Waals surface area (Å²) in [7, 11) is 0. The molecule has 0 bridgehead atoms. The maximum atomic E-state index is 6.99. The van der Waals surface area contributed by atoms with Gasteiger partial charge in [0.1, 0.15) is 11.2 Å². The van der Waals surface area contributed by atoms with Gasteiger partial charge in [-0.2, -0.15) is 0 Å². The second kappa shape index (κ2) is 18.3. The Balaban J connectivity index is 0.923. The number of rotatable bonds is 9. The van der Waals surface area contributed by atoms with Crippen LogP contribution in [0.15, 0.2) is 239 Å². The van der Waals surface area contributed by atoms with Crippen molar-refractivity contribution in [3.63, 3.8) is 0 Å². The Bertz CT molecular complexity index is 4950. The quantitative estimate of drug-likeness (QED) is 0.144. The first-order valence-corrected chi connectivity index (χ1v) is 29.3. The van der Waals surface area contributed by atoms with E-state index in [1.807, 2.05) is 0 Å². The maximum absolute atomic E-state index is 6.99. The highest BCUT2D eigenvalue weighted by atomic mass is 16.3. The highest BCUT2D eigenvalue weighted by Gasteiger charge is 2.26. The molecule has 5 heteroatoms. The van der Waals surface area contributed by atoms with Gasteiger partial charge in [0.2, 0.25) is 0 Å². The van der Waals surface area contributed by atoms with Gasteiger partial charge in [-0.25, -0.2) is 0 Å². The van der Waals surface area contributed by atoms with Crippen LogP contribution in [0.5, 0.6) is 0 Å². The molecule has 0 aliphatic carbocycles. The molecule has 16 rings (SSSR count). The van der Waals surface area contributed by atoms with Gasteiger partial charge in [0.15, 0.2) is 11.2 Å². The Kier molecular flexibility index (Phi) is 10.8. The van der Waals surface area contributed by atoms with E-state index in [1.165, 1.54) is 76.7 Å². The average Bonchev–Trinajstić information content (AvgIpc) is 4.44. The average molecular weight is 1070 g/mol. The third kappa shape index (κ3) is 7.60. The van der Waals surface area contributed by atoms with Crippen LogP contribution in [-0.4, -0.2) is 4.40 Å². The lowest BCUT2D eigenvalue weighted by molar-refractivity contribution is 0.590. The number of aromatic nitrogens is 1. The van der Waals surface area contributed by atoms with Crippen molar-refractivity contribution in [2.24, 2.45) is 0 Å². The molecule has 0 aliphatic heterocycles. The minimum Gasteiger partial charge on any atom is -0.454 e. The highest BCUT2D eigenvalue weighted by molar-refractivity contribution is 6.27. The minimum atomic E-state index is 0.0532. The van der Waals surface area contributed by atoms with Gasteiger partial charge >= 0.3 is 0 Å². The Morgan fingerprint density at radius 2 is 0.771 bits per heavy atom. The number of para-hydroxylation sites is 6. The molecule has 0 saturated carbocycles. The lowest BCUT2D eigenvalue weighted by Crippen LogP contribution is -2.10. The summed E-state index contributed by atoms with van der Waals surface area (Å²) in [4.78, 5) is 4.73. The molecule has 83 heavy (non-hydrogen) atoms. The van der Waals surface area contributed by atoms with Gasteiger partial charge in [0.25, 0.3) is 0 Å². The van der Waals surface area contributed by atoms with Gasteiger partial charge in [-0.3, -0.25) is 0 Å². The molecule has 0 atom stereocenters. The van der Waals surface area contributed by atoms with Crippen molar-refractivity contribution in [1.29, 1.82) is 0 Å². The molecule has 0 N–H and O–H groups in total. The first kappa shape index (κ1) is 49.0. The molecule has 0 amide bonds. The summed E-state index contributed by atoms with van der Waals surface area (Å²) >= 11 is 0. The number of furan rings is 2. The van der Waals surface area contributed by atoms with Crippen molar-refractivity contribution >= 4 is 138 Å². The van der Waals surface area contributed by atoms with Gasteiger partial charge in [0, 0.05) is 65.8 Å². The van der Waals surface area contributed by atoms with Crippen LogP contribution in [0.4, 0.5) is 34.1 Å². The SMILES string of the molecule is CC(C)c1cccc2c1oc1c(N(c3ccccc3)c3ccc4cc5c6cc(-c7ccc(C(C)(C)C)cc7)cc7c8cc9ccc(N(c%10ccccc%10)c%10cccc%11c%10oc%10c(C(C)C)cccc%10%11)cc9cc8n(c5cc4c3)c67)cccc12. The molecule has 16 aromatic rings. The van der Waals surface area contributed by atoms with E-state index in [0.29, 0.717) is 11.8 Å². The molecule has 0 saturated heterocycles.